The Balaban J connectivity index is 3.06. The minimum atomic E-state index is -1.00. The lowest BCUT2D eigenvalue weighted by molar-refractivity contribution is -0.137. The van der Waals surface area contributed by atoms with Crippen LogP contribution in [0.5, 0.6) is 0 Å². The maximum atomic E-state index is 11.0. The Morgan fingerprint density at radius 1 is 1.53 bits per heavy atom. The topological polar surface area (TPSA) is 66.4 Å². The number of nitrogens with one attached hydrogen (secondary N) is 1. The van der Waals surface area contributed by atoms with Gasteiger partial charge in [-0.15, -0.1) is 0 Å². The van der Waals surface area contributed by atoms with E-state index < -0.39 is 12.0 Å². The highest BCUT2D eigenvalue weighted by Crippen LogP contribution is 2.28. The van der Waals surface area contributed by atoms with Crippen molar-refractivity contribution in [2.24, 2.45) is 0 Å². The SMILES string of the molecule is CC(=O)N[C@H](CC(=O)O)c1cc(Br)ccc1Cl. The fourth-order valence-electron chi connectivity index (χ4n) is 1.44. The predicted molar refractivity (Wildman–Crippen MR) is 68.0 cm³/mol. The lowest BCUT2D eigenvalue weighted by Crippen LogP contribution is -2.28. The molecule has 0 saturated heterocycles. The fraction of sp³-hybridized carbons (Fsp3) is 0.273. The van der Waals surface area contributed by atoms with E-state index in [0.29, 0.717) is 10.6 Å². The number of hydrogen-bond acceptors (Lipinski definition) is 2. The van der Waals surface area contributed by atoms with Gasteiger partial charge in [0.2, 0.25) is 5.91 Å². The summed E-state index contributed by atoms with van der Waals surface area (Å²) < 4.78 is 0.776. The van der Waals surface area contributed by atoms with Gasteiger partial charge in [-0.3, -0.25) is 9.59 Å². The Morgan fingerprint density at radius 2 is 2.18 bits per heavy atom. The van der Waals surface area contributed by atoms with Gasteiger partial charge in [0.25, 0.3) is 0 Å². The molecule has 1 aromatic carbocycles. The van der Waals surface area contributed by atoms with Crippen molar-refractivity contribution in [2.75, 3.05) is 0 Å². The summed E-state index contributed by atoms with van der Waals surface area (Å²) in [5, 5.41) is 11.8. The zero-order valence-corrected chi connectivity index (χ0v) is 11.4. The number of carbonyl (C=O) groups excluding carboxylic acids is 1. The molecule has 0 aliphatic rings. The van der Waals surface area contributed by atoms with E-state index in [-0.39, 0.29) is 12.3 Å². The summed E-state index contributed by atoms with van der Waals surface area (Å²) in [5.41, 5.74) is 0.582. The highest BCUT2D eigenvalue weighted by atomic mass is 79.9. The van der Waals surface area contributed by atoms with E-state index >= 15 is 0 Å². The molecule has 1 atom stereocenters. The Kier molecular flexibility index (Phi) is 4.96. The van der Waals surface area contributed by atoms with Gasteiger partial charge >= 0.3 is 5.97 Å². The first-order valence-electron chi connectivity index (χ1n) is 4.84. The summed E-state index contributed by atoms with van der Waals surface area (Å²) in [7, 11) is 0. The van der Waals surface area contributed by atoms with Crippen molar-refractivity contribution < 1.29 is 14.7 Å². The predicted octanol–water partition coefficient (Wildman–Crippen LogP) is 2.75. The first-order chi connectivity index (χ1) is 7.90. The second-order valence-electron chi connectivity index (χ2n) is 3.52. The molecule has 17 heavy (non-hydrogen) atoms. The number of amides is 1. The third kappa shape index (κ3) is 4.36. The van der Waals surface area contributed by atoms with Crippen LogP contribution >= 0.6 is 27.5 Å². The number of carboxylic acids is 1. The first-order valence-corrected chi connectivity index (χ1v) is 6.01. The molecule has 0 heterocycles. The van der Waals surface area contributed by atoms with E-state index in [0.717, 1.165) is 4.47 Å². The number of aliphatic carboxylic acids is 1. The molecule has 0 radical (unpaired) electrons. The summed E-state index contributed by atoms with van der Waals surface area (Å²) >= 11 is 9.27. The Hall–Kier alpha value is -1.07. The average molecular weight is 321 g/mol. The summed E-state index contributed by atoms with van der Waals surface area (Å²) in [6.45, 7) is 1.33. The number of carbonyl (C=O) groups is 2. The molecule has 0 aromatic heterocycles. The van der Waals surface area contributed by atoms with E-state index in [1.165, 1.54) is 6.92 Å². The average Bonchev–Trinajstić information content (AvgIpc) is 2.19. The van der Waals surface area contributed by atoms with Gasteiger partial charge in [0, 0.05) is 16.4 Å². The van der Waals surface area contributed by atoms with Crippen LogP contribution in [-0.4, -0.2) is 17.0 Å². The molecule has 0 spiro atoms. The van der Waals surface area contributed by atoms with Gasteiger partial charge in [0.1, 0.15) is 0 Å². The monoisotopic (exact) mass is 319 g/mol. The highest BCUT2D eigenvalue weighted by Gasteiger charge is 2.19. The molecule has 6 heteroatoms. The van der Waals surface area contributed by atoms with E-state index in [1.807, 2.05) is 0 Å². The molecule has 1 amide bonds. The summed E-state index contributed by atoms with van der Waals surface area (Å²) in [5.74, 6) is -1.30. The molecule has 0 aliphatic heterocycles. The van der Waals surface area contributed by atoms with Crippen molar-refractivity contribution in [1.82, 2.24) is 5.32 Å². The van der Waals surface area contributed by atoms with E-state index in [2.05, 4.69) is 21.2 Å². The summed E-state index contributed by atoms with van der Waals surface area (Å²) in [4.78, 5) is 21.8. The van der Waals surface area contributed by atoms with Crippen molar-refractivity contribution in [1.29, 1.82) is 0 Å². The molecule has 0 saturated carbocycles. The smallest absolute Gasteiger partial charge is 0.305 e. The van der Waals surface area contributed by atoms with E-state index in [9.17, 15) is 9.59 Å². The number of halogens is 2. The molecule has 4 nitrogen and oxygen atoms in total. The molecule has 0 aliphatic carbocycles. The number of rotatable bonds is 4. The Morgan fingerprint density at radius 3 is 2.71 bits per heavy atom. The molecule has 2 N–H and O–H groups in total. The van der Waals surface area contributed by atoms with E-state index in [1.54, 1.807) is 18.2 Å². The maximum absolute atomic E-state index is 11.0. The van der Waals surface area contributed by atoms with Crippen LogP contribution in [0.1, 0.15) is 24.9 Å². The Bertz CT molecular complexity index is 434. The van der Waals surface area contributed by atoms with Gasteiger partial charge in [-0.05, 0) is 23.8 Å². The minimum Gasteiger partial charge on any atom is -0.481 e. The third-order valence-electron chi connectivity index (χ3n) is 2.09. The van der Waals surface area contributed by atoms with Crippen molar-refractivity contribution in [3.8, 4) is 0 Å². The van der Waals surface area contributed by atoms with Gasteiger partial charge in [-0.1, -0.05) is 27.5 Å². The highest BCUT2D eigenvalue weighted by molar-refractivity contribution is 9.10. The fourth-order valence-corrected chi connectivity index (χ4v) is 2.07. The largest absolute Gasteiger partial charge is 0.481 e. The van der Waals surface area contributed by atoms with Crippen molar-refractivity contribution in [2.45, 2.75) is 19.4 Å². The molecular formula is C11H11BrClNO3. The normalized spacial score (nSPS) is 11.9. The lowest BCUT2D eigenvalue weighted by atomic mass is 10.0. The summed E-state index contributed by atoms with van der Waals surface area (Å²) in [6, 6.07) is 4.47. The second-order valence-corrected chi connectivity index (χ2v) is 4.84. The molecule has 0 bridgehead atoms. The maximum Gasteiger partial charge on any atom is 0.305 e. The quantitative estimate of drug-likeness (QED) is 0.896. The van der Waals surface area contributed by atoms with Crippen LogP contribution < -0.4 is 5.32 Å². The number of benzene rings is 1. The van der Waals surface area contributed by atoms with Crippen LogP contribution in [0, 0.1) is 0 Å². The van der Waals surface area contributed by atoms with Gasteiger partial charge < -0.3 is 10.4 Å². The molecule has 1 rings (SSSR count). The molecule has 0 fully saturated rings. The Labute approximate surface area is 112 Å². The first kappa shape index (κ1) is 14.0. The molecule has 92 valence electrons. The van der Waals surface area contributed by atoms with Gasteiger partial charge in [-0.25, -0.2) is 0 Å². The standard InChI is InChI=1S/C11H11BrClNO3/c1-6(15)14-10(5-11(16)17)8-4-7(12)2-3-9(8)13/h2-4,10H,5H2,1H3,(H,14,15)(H,16,17)/t10-/m1/s1. The van der Waals surface area contributed by atoms with Crippen LogP contribution in [0.4, 0.5) is 0 Å². The van der Waals surface area contributed by atoms with Gasteiger partial charge in [-0.2, -0.15) is 0 Å². The van der Waals surface area contributed by atoms with Crippen LogP contribution in [-0.2, 0) is 9.59 Å². The van der Waals surface area contributed by atoms with Crippen LogP contribution in [0.2, 0.25) is 5.02 Å². The molecular weight excluding hydrogens is 309 g/mol. The van der Waals surface area contributed by atoms with E-state index in [4.69, 9.17) is 16.7 Å². The van der Waals surface area contributed by atoms with Crippen LogP contribution in [0.15, 0.2) is 22.7 Å². The lowest BCUT2D eigenvalue weighted by Gasteiger charge is -2.18. The van der Waals surface area contributed by atoms with Gasteiger partial charge in [0.15, 0.2) is 0 Å². The van der Waals surface area contributed by atoms with Crippen LogP contribution in [0.25, 0.3) is 0 Å². The minimum absolute atomic E-state index is 0.213. The third-order valence-corrected chi connectivity index (χ3v) is 2.93. The van der Waals surface area contributed by atoms with Crippen molar-refractivity contribution >= 4 is 39.4 Å². The van der Waals surface area contributed by atoms with Gasteiger partial charge in [0.05, 0.1) is 12.5 Å². The number of hydrogen-bond donors (Lipinski definition) is 2. The number of carboxylic acid groups (broad SMARTS) is 1. The second kappa shape index (κ2) is 6.02. The molecule has 0 unspecified atom stereocenters. The zero-order chi connectivity index (χ0) is 13.0. The molecule has 1 aromatic rings. The van der Waals surface area contributed by atoms with Crippen molar-refractivity contribution in [3.05, 3.63) is 33.3 Å². The van der Waals surface area contributed by atoms with Crippen molar-refractivity contribution in [3.63, 3.8) is 0 Å². The zero-order valence-electron chi connectivity index (χ0n) is 9.04. The summed E-state index contributed by atoms with van der Waals surface area (Å²) in [6.07, 6.45) is -0.213. The van der Waals surface area contributed by atoms with Crippen LogP contribution in [0.3, 0.4) is 0 Å².